The highest BCUT2D eigenvalue weighted by molar-refractivity contribution is 6.43. The van der Waals surface area contributed by atoms with Crippen LogP contribution in [0, 0.1) is 0 Å². The second-order valence-corrected chi connectivity index (χ2v) is 5.67. The van der Waals surface area contributed by atoms with Crippen molar-refractivity contribution in [2.24, 2.45) is 0 Å². The highest BCUT2D eigenvalue weighted by atomic mass is 35.5. The molecule has 0 aliphatic heterocycles. The van der Waals surface area contributed by atoms with E-state index in [1.807, 2.05) is 24.3 Å². The summed E-state index contributed by atoms with van der Waals surface area (Å²) in [6.45, 7) is 4.92. The van der Waals surface area contributed by atoms with E-state index in [0.29, 0.717) is 10.0 Å². The van der Waals surface area contributed by atoms with Crippen molar-refractivity contribution in [3.8, 4) is 5.75 Å². The Morgan fingerprint density at radius 1 is 1.10 bits per heavy atom. The molecule has 0 amide bonds. The van der Waals surface area contributed by atoms with E-state index in [1.165, 1.54) is 0 Å². The summed E-state index contributed by atoms with van der Waals surface area (Å²) in [5, 5.41) is 4.48. The first-order chi connectivity index (χ1) is 10.1. The standard InChI is InChI=1S/C17H19Cl2NO/c1-3-11-21-14-9-7-13(8-10-14)12(2)20-16-6-4-5-15(18)17(16)19/h4-10,12,20H,3,11H2,1-2H3. The first kappa shape index (κ1) is 16.0. The van der Waals surface area contributed by atoms with Gasteiger partial charge in [-0.1, -0.05) is 48.3 Å². The topological polar surface area (TPSA) is 21.3 Å². The Bertz CT molecular complexity index is 584. The van der Waals surface area contributed by atoms with Gasteiger partial charge in [0.1, 0.15) is 5.75 Å². The minimum atomic E-state index is 0.126. The second kappa shape index (κ2) is 7.58. The van der Waals surface area contributed by atoms with E-state index in [0.717, 1.165) is 30.0 Å². The van der Waals surface area contributed by atoms with Crippen LogP contribution < -0.4 is 10.1 Å². The first-order valence-electron chi connectivity index (χ1n) is 7.05. The van der Waals surface area contributed by atoms with E-state index in [4.69, 9.17) is 27.9 Å². The molecule has 0 heterocycles. The lowest BCUT2D eigenvalue weighted by Crippen LogP contribution is -2.07. The lowest BCUT2D eigenvalue weighted by molar-refractivity contribution is 0.317. The van der Waals surface area contributed by atoms with Crippen molar-refractivity contribution in [1.29, 1.82) is 0 Å². The summed E-state index contributed by atoms with van der Waals surface area (Å²) in [5.41, 5.74) is 2.00. The van der Waals surface area contributed by atoms with Crippen LogP contribution in [0.3, 0.4) is 0 Å². The van der Waals surface area contributed by atoms with Gasteiger partial charge < -0.3 is 10.1 Å². The predicted molar refractivity (Wildman–Crippen MR) is 90.7 cm³/mol. The van der Waals surface area contributed by atoms with Crippen LogP contribution in [0.1, 0.15) is 31.9 Å². The molecule has 0 saturated carbocycles. The molecule has 0 aliphatic carbocycles. The number of halogens is 2. The van der Waals surface area contributed by atoms with Crippen molar-refractivity contribution in [3.63, 3.8) is 0 Å². The fourth-order valence-electron chi connectivity index (χ4n) is 2.00. The molecule has 0 radical (unpaired) electrons. The van der Waals surface area contributed by atoms with Crippen LogP contribution in [0.5, 0.6) is 5.75 Å². The van der Waals surface area contributed by atoms with Gasteiger partial charge in [0.25, 0.3) is 0 Å². The highest BCUT2D eigenvalue weighted by Gasteiger charge is 2.09. The van der Waals surface area contributed by atoms with Crippen molar-refractivity contribution < 1.29 is 4.74 Å². The molecular formula is C17H19Cl2NO. The molecule has 1 N–H and O–H groups in total. The van der Waals surface area contributed by atoms with Crippen molar-refractivity contribution in [3.05, 3.63) is 58.1 Å². The van der Waals surface area contributed by atoms with Gasteiger partial charge in [0.2, 0.25) is 0 Å². The molecule has 0 bridgehead atoms. The zero-order valence-electron chi connectivity index (χ0n) is 12.2. The minimum Gasteiger partial charge on any atom is -0.494 e. The third-order valence-electron chi connectivity index (χ3n) is 3.18. The number of benzene rings is 2. The molecular weight excluding hydrogens is 305 g/mol. The number of nitrogens with one attached hydrogen (secondary N) is 1. The number of ether oxygens (including phenoxy) is 1. The Morgan fingerprint density at radius 3 is 2.48 bits per heavy atom. The first-order valence-corrected chi connectivity index (χ1v) is 7.80. The van der Waals surface area contributed by atoms with Gasteiger partial charge in [-0.15, -0.1) is 0 Å². The van der Waals surface area contributed by atoms with Crippen LogP contribution >= 0.6 is 23.2 Å². The second-order valence-electron chi connectivity index (χ2n) is 4.88. The smallest absolute Gasteiger partial charge is 0.119 e. The van der Waals surface area contributed by atoms with Crippen molar-refractivity contribution >= 4 is 28.9 Å². The highest BCUT2D eigenvalue weighted by Crippen LogP contribution is 2.32. The number of rotatable bonds is 6. The van der Waals surface area contributed by atoms with Crippen LogP contribution in [-0.2, 0) is 0 Å². The SMILES string of the molecule is CCCOc1ccc(C(C)Nc2cccc(Cl)c2Cl)cc1. The Balaban J connectivity index is 2.06. The average molecular weight is 324 g/mol. The van der Waals surface area contributed by atoms with E-state index in [1.54, 1.807) is 6.07 Å². The predicted octanol–water partition coefficient (Wildman–Crippen LogP) is 5.96. The number of hydrogen-bond acceptors (Lipinski definition) is 2. The Kier molecular flexibility index (Phi) is 5.77. The Hall–Kier alpha value is -1.38. The summed E-state index contributed by atoms with van der Waals surface area (Å²) >= 11 is 12.2. The van der Waals surface area contributed by atoms with Crippen molar-refractivity contribution in [2.45, 2.75) is 26.3 Å². The van der Waals surface area contributed by atoms with Gasteiger partial charge >= 0.3 is 0 Å². The van der Waals surface area contributed by atoms with E-state index in [-0.39, 0.29) is 6.04 Å². The van der Waals surface area contributed by atoms with Gasteiger partial charge in [-0.2, -0.15) is 0 Å². The fraction of sp³-hybridized carbons (Fsp3) is 0.294. The molecule has 2 nitrogen and oxygen atoms in total. The average Bonchev–Trinajstić information content (AvgIpc) is 2.50. The molecule has 112 valence electrons. The molecule has 0 fully saturated rings. The van der Waals surface area contributed by atoms with E-state index in [9.17, 15) is 0 Å². The molecule has 0 saturated heterocycles. The molecule has 1 atom stereocenters. The van der Waals surface area contributed by atoms with Crippen molar-refractivity contribution in [2.75, 3.05) is 11.9 Å². The zero-order valence-corrected chi connectivity index (χ0v) is 13.7. The molecule has 2 aromatic rings. The molecule has 1 unspecified atom stereocenters. The lowest BCUT2D eigenvalue weighted by atomic mass is 10.1. The molecule has 0 aromatic heterocycles. The molecule has 21 heavy (non-hydrogen) atoms. The lowest BCUT2D eigenvalue weighted by Gasteiger charge is -2.17. The van der Waals surface area contributed by atoms with Crippen LogP contribution in [-0.4, -0.2) is 6.61 Å². The van der Waals surface area contributed by atoms with Gasteiger partial charge in [-0.05, 0) is 43.2 Å². The van der Waals surface area contributed by atoms with Gasteiger partial charge in [0.15, 0.2) is 0 Å². The summed E-state index contributed by atoms with van der Waals surface area (Å²) < 4.78 is 5.58. The van der Waals surface area contributed by atoms with Crippen molar-refractivity contribution in [1.82, 2.24) is 0 Å². The van der Waals surface area contributed by atoms with Gasteiger partial charge in [0.05, 0.1) is 22.3 Å². The Morgan fingerprint density at radius 2 is 1.81 bits per heavy atom. The summed E-state index contributed by atoms with van der Waals surface area (Å²) in [4.78, 5) is 0. The summed E-state index contributed by atoms with van der Waals surface area (Å²) in [7, 11) is 0. The number of anilines is 1. The molecule has 0 aliphatic rings. The number of hydrogen-bond donors (Lipinski definition) is 1. The maximum Gasteiger partial charge on any atom is 0.119 e. The summed E-state index contributed by atoms with van der Waals surface area (Å²) in [6.07, 6.45) is 1.01. The van der Waals surface area contributed by atoms with E-state index in [2.05, 4.69) is 31.3 Å². The van der Waals surface area contributed by atoms with E-state index >= 15 is 0 Å². The molecule has 0 spiro atoms. The normalized spacial score (nSPS) is 12.0. The fourth-order valence-corrected chi connectivity index (χ4v) is 2.36. The largest absolute Gasteiger partial charge is 0.494 e. The van der Waals surface area contributed by atoms with Gasteiger partial charge in [-0.25, -0.2) is 0 Å². The third kappa shape index (κ3) is 4.29. The maximum atomic E-state index is 6.19. The van der Waals surface area contributed by atoms with Crippen LogP contribution in [0.2, 0.25) is 10.0 Å². The van der Waals surface area contributed by atoms with Crippen LogP contribution in [0.15, 0.2) is 42.5 Å². The van der Waals surface area contributed by atoms with Gasteiger partial charge in [0, 0.05) is 6.04 Å². The van der Waals surface area contributed by atoms with Crippen LogP contribution in [0.4, 0.5) is 5.69 Å². The van der Waals surface area contributed by atoms with E-state index < -0.39 is 0 Å². The van der Waals surface area contributed by atoms with Gasteiger partial charge in [-0.3, -0.25) is 0 Å². The molecule has 4 heteroatoms. The Labute approximate surface area is 136 Å². The third-order valence-corrected chi connectivity index (χ3v) is 4.00. The zero-order chi connectivity index (χ0) is 15.2. The monoisotopic (exact) mass is 323 g/mol. The summed E-state index contributed by atoms with van der Waals surface area (Å²) in [6, 6.07) is 13.8. The minimum absolute atomic E-state index is 0.126. The molecule has 2 rings (SSSR count). The molecule has 2 aromatic carbocycles. The quantitative estimate of drug-likeness (QED) is 0.708. The summed E-state index contributed by atoms with van der Waals surface area (Å²) in [5.74, 6) is 0.897. The van der Waals surface area contributed by atoms with Crippen LogP contribution in [0.25, 0.3) is 0 Å². The maximum absolute atomic E-state index is 6.19.